The van der Waals surface area contributed by atoms with Crippen molar-refractivity contribution in [3.8, 4) is 5.75 Å². The number of hydrogen-bond acceptors (Lipinski definition) is 4. The number of ether oxygens (including phenoxy) is 1. The zero-order valence-electron chi connectivity index (χ0n) is 14.3. The number of rotatable bonds is 4. The van der Waals surface area contributed by atoms with Gasteiger partial charge in [0.1, 0.15) is 11.3 Å². The number of aliphatic hydroxyl groups is 1. The SMILES string of the molecule is COc1cc(C(=O)O)cc2nc(C(O)(c3ccccc3)C(F)(F)F)n(C)c12. The number of methoxy groups -OCH3 is 1. The van der Waals surface area contributed by atoms with Gasteiger partial charge < -0.3 is 19.5 Å². The van der Waals surface area contributed by atoms with Gasteiger partial charge in [0.15, 0.2) is 5.82 Å². The summed E-state index contributed by atoms with van der Waals surface area (Å²) in [5, 5.41) is 19.9. The summed E-state index contributed by atoms with van der Waals surface area (Å²) in [6, 6.07) is 8.88. The summed E-state index contributed by atoms with van der Waals surface area (Å²) >= 11 is 0. The van der Waals surface area contributed by atoms with Crippen LogP contribution in [0.2, 0.25) is 0 Å². The monoisotopic (exact) mass is 380 g/mol. The second kappa shape index (κ2) is 6.27. The molecule has 0 fully saturated rings. The van der Waals surface area contributed by atoms with Crippen molar-refractivity contribution in [1.82, 2.24) is 9.55 Å². The molecule has 6 nitrogen and oxygen atoms in total. The minimum Gasteiger partial charge on any atom is -0.494 e. The lowest BCUT2D eigenvalue weighted by atomic mass is 9.92. The highest BCUT2D eigenvalue weighted by Gasteiger charge is 2.59. The molecule has 0 aliphatic carbocycles. The van der Waals surface area contributed by atoms with Gasteiger partial charge in [-0.05, 0) is 12.1 Å². The predicted molar refractivity (Wildman–Crippen MR) is 89.7 cm³/mol. The van der Waals surface area contributed by atoms with Crippen molar-refractivity contribution in [2.24, 2.45) is 7.05 Å². The van der Waals surface area contributed by atoms with Crippen LogP contribution < -0.4 is 4.74 Å². The van der Waals surface area contributed by atoms with Crippen molar-refractivity contribution in [1.29, 1.82) is 0 Å². The van der Waals surface area contributed by atoms with E-state index in [0.717, 1.165) is 22.8 Å². The van der Waals surface area contributed by atoms with Crippen LogP contribution in [0.5, 0.6) is 5.75 Å². The number of aryl methyl sites for hydroxylation is 1. The van der Waals surface area contributed by atoms with E-state index in [1.165, 1.54) is 38.4 Å². The third-order valence-electron chi connectivity index (χ3n) is 4.33. The van der Waals surface area contributed by atoms with E-state index in [1.54, 1.807) is 0 Å². The Morgan fingerprint density at radius 2 is 1.81 bits per heavy atom. The normalized spacial score (nSPS) is 14.1. The number of carbonyl (C=O) groups is 1. The first-order valence-corrected chi connectivity index (χ1v) is 7.74. The molecule has 0 bridgehead atoms. The van der Waals surface area contributed by atoms with Gasteiger partial charge in [0.25, 0.3) is 0 Å². The van der Waals surface area contributed by atoms with E-state index in [9.17, 15) is 28.2 Å². The number of halogens is 3. The van der Waals surface area contributed by atoms with Crippen molar-refractivity contribution in [2.45, 2.75) is 11.8 Å². The summed E-state index contributed by atoms with van der Waals surface area (Å²) in [5.41, 5.74) is -3.90. The van der Waals surface area contributed by atoms with Crippen molar-refractivity contribution >= 4 is 17.0 Å². The van der Waals surface area contributed by atoms with E-state index >= 15 is 0 Å². The smallest absolute Gasteiger partial charge is 0.428 e. The zero-order chi connectivity index (χ0) is 20.0. The van der Waals surface area contributed by atoms with E-state index in [-0.39, 0.29) is 22.3 Å². The molecule has 0 aliphatic heterocycles. The number of benzene rings is 2. The average molecular weight is 380 g/mol. The average Bonchev–Trinajstić information content (AvgIpc) is 2.97. The molecule has 0 aliphatic rings. The highest BCUT2D eigenvalue weighted by Crippen LogP contribution is 2.45. The number of hydrogen-bond donors (Lipinski definition) is 2. The molecular formula is C18H15F3N2O4. The number of imidazole rings is 1. The number of carboxylic acid groups (broad SMARTS) is 1. The number of alkyl halides is 3. The van der Waals surface area contributed by atoms with Crippen LogP contribution in [-0.4, -0.2) is 39.0 Å². The molecule has 9 heteroatoms. The first kappa shape index (κ1) is 18.7. The highest BCUT2D eigenvalue weighted by atomic mass is 19.4. The first-order valence-electron chi connectivity index (χ1n) is 7.74. The molecule has 142 valence electrons. The van der Waals surface area contributed by atoms with E-state index < -0.39 is 29.1 Å². The van der Waals surface area contributed by atoms with Crippen molar-refractivity contribution in [3.63, 3.8) is 0 Å². The van der Waals surface area contributed by atoms with E-state index in [0.29, 0.717) is 0 Å². The van der Waals surface area contributed by atoms with E-state index in [1.807, 2.05) is 0 Å². The van der Waals surface area contributed by atoms with Crippen LogP contribution in [0.1, 0.15) is 21.7 Å². The molecule has 2 N–H and O–H groups in total. The Morgan fingerprint density at radius 1 is 1.19 bits per heavy atom. The maximum Gasteiger partial charge on any atom is 0.428 e. The minimum absolute atomic E-state index is 0.0312. The fourth-order valence-corrected chi connectivity index (χ4v) is 3.01. The van der Waals surface area contributed by atoms with Crippen LogP contribution >= 0.6 is 0 Å². The van der Waals surface area contributed by atoms with Gasteiger partial charge in [0.2, 0.25) is 5.60 Å². The lowest BCUT2D eigenvalue weighted by molar-refractivity contribution is -0.251. The van der Waals surface area contributed by atoms with E-state index in [4.69, 9.17) is 4.74 Å². The molecule has 0 amide bonds. The molecular weight excluding hydrogens is 365 g/mol. The Bertz CT molecular complexity index is 1010. The number of aromatic nitrogens is 2. The summed E-state index contributed by atoms with van der Waals surface area (Å²) in [5.74, 6) is -1.95. The molecule has 27 heavy (non-hydrogen) atoms. The molecule has 0 spiro atoms. The maximum atomic E-state index is 13.9. The van der Waals surface area contributed by atoms with Gasteiger partial charge in [-0.25, -0.2) is 9.78 Å². The Balaban J connectivity index is 2.38. The molecule has 3 aromatic rings. The third-order valence-corrected chi connectivity index (χ3v) is 4.33. The Hall–Kier alpha value is -3.07. The molecule has 1 unspecified atom stereocenters. The summed E-state index contributed by atoms with van der Waals surface area (Å²) in [6.07, 6.45) is -5.08. The molecule has 1 atom stereocenters. The standard InChI is InChI=1S/C18H15F3N2O4/c1-23-14-12(8-10(15(24)25)9-13(14)27-2)22-16(23)17(26,18(19,20)21)11-6-4-3-5-7-11/h3-9,26H,1-2H3,(H,24,25). The van der Waals surface area contributed by atoms with Crippen LogP contribution in [0.25, 0.3) is 11.0 Å². The fraction of sp³-hybridized carbons (Fsp3) is 0.222. The number of nitrogens with zero attached hydrogens (tertiary/aromatic N) is 2. The molecule has 1 heterocycles. The molecule has 0 radical (unpaired) electrons. The van der Waals surface area contributed by atoms with Crippen molar-refractivity contribution < 1.29 is 32.9 Å². The van der Waals surface area contributed by atoms with Crippen molar-refractivity contribution in [3.05, 3.63) is 59.4 Å². The second-order valence-electron chi connectivity index (χ2n) is 5.92. The van der Waals surface area contributed by atoms with Crippen LogP contribution in [0.4, 0.5) is 13.2 Å². The molecule has 0 saturated carbocycles. The van der Waals surface area contributed by atoms with Crippen LogP contribution in [0.15, 0.2) is 42.5 Å². The summed E-state index contributed by atoms with van der Waals surface area (Å²) in [6.45, 7) is 0. The predicted octanol–water partition coefficient (Wildman–Crippen LogP) is 3.08. The molecule has 3 rings (SSSR count). The second-order valence-corrected chi connectivity index (χ2v) is 5.92. The van der Waals surface area contributed by atoms with Gasteiger partial charge in [-0.3, -0.25) is 0 Å². The van der Waals surface area contributed by atoms with Gasteiger partial charge in [0, 0.05) is 12.6 Å². The van der Waals surface area contributed by atoms with Gasteiger partial charge in [-0.2, -0.15) is 13.2 Å². The summed E-state index contributed by atoms with van der Waals surface area (Å²) in [7, 11) is 2.56. The Morgan fingerprint density at radius 3 is 2.33 bits per heavy atom. The largest absolute Gasteiger partial charge is 0.494 e. The Kier molecular flexibility index (Phi) is 4.35. The first-order chi connectivity index (χ1) is 12.6. The van der Waals surface area contributed by atoms with Crippen molar-refractivity contribution in [2.75, 3.05) is 7.11 Å². The summed E-state index contributed by atoms with van der Waals surface area (Å²) < 4.78 is 48.0. The summed E-state index contributed by atoms with van der Waals surface area (Å²) in [4.78, 5) is 15.2. The van der Waals surface area contributed by atoms with Gasteiger partial charge >= 0.3 is 12.1 Å². The number of aromatic carboxylic acids is 1. The van der Waals surface area contributed by atoms with Crippen LogP contribution in [-0.2, 0) is 12.6 Å². The quantitative estimate of drug-likeness (QED) is 0.727. The zero-order valence-corrected chi connectivity index (χ0v) is 14.3. The minimum atomic E-state index is -5.08. The fourth-order valence-electron chi connectivity index (χ4n) is 3.01. The third kappa shape index (κ3) is 2.80. The lowest BCUT2D eigenvalue weighted by Gasteiger charge is -2.30. The topological polar surface area (TPSA) is 84.6 Å². The van der Waals surface area contributed by atoms with Gasteiger partial charge in [0.05, 0.1) is 18.2 Å². The molecule has 1 aromatic heterocycles. The molecule has 0 saturated heterocycles. The Labute approximate surface area is 151 Å². The number of carboxylic acids is 1. The molecule has 2 aromatic carbocycles. The van der Waals surface area contributed by atoms with Crippen LogP contribution in [0, 0.1) is 0 Å². The number of fused-ring (bicyclic) bond motifs is 1. The van der Waals surface area contributed by atoms with E-state index in [2.05, 4.69) is 4.98 Å². The lowest BCUT2D eigenvalue weighted by Crippen LogP contribution is -2.45. The van der Waals surface area contributed by atoms with Crippen LogP contribution in [0.3, 0.4) is 0 Å². The maximum absolute atomic E-state index is 13.9. The highest BCUT2D eigenvalue weighted by molar-refractivity contribution is 5.95. The van der Waals surface area contributed by atoms with Gasteiger partial charge in [-0.1, -0.05) is 30.3 Å². The van der Waals surface area contributed by atoms with Gasteiger partial charge in [-0.15, -0.1) is 0 Å².